The quantitative estimate of drug-likeness (QED) is 0.0966. The van der Waals surface area contributed by atoms with E-state index >= 15 is 0 Å². The number of halogens is 2. The highest BCUT2D eigenvalue weighted by atomic mass is 35.5. The zero-order chi connectivity index (χ0) is 63.6. The number of methoxy groups -OCH3 is 2. The lowest BCUT2D eigenvalue weighted by molar-refractivity contribution is -0.439. The molecule has 11 rings (SSSR count). The average Bonchev–Trinajstić information content (AvgIpc) is 1.57. The summed E-state index contributed by atoms with van der Waals surface area (Å²) in [7, 11) is 2.65. The van der Waals surface area contributed by atoms with Crippen LogP contribution in [-0.2, 0) is 94.7 Å². The van der Waals surface area contributed by atoms with Gasteiger partial charge in [-0.15, -0.1) is 0 Å². The van der Waals surface area contributed by atoms with Gasteiger partial charge in [-0.1, -0.05) is 23.2 Å². The van der Waals surface area contributed by atoms with E-state index in [2.05, 4.69) is 0 Å². The number of aliphatic hydroxyl groups excluding tert-OH is 7. The van der Waals surface area contributed by atoms with Crippen molar-refractivity contribution in [2.24, 2.45) is 0 Å². The number of fused-ring (bicyclic) bond motifs is 4. The summed E-state index contributed by atoms with van der Waals surface area (Å²) < 4.78 is 122. The Labute approximate surface area is 514 Å². The molecule has 0 bridgehead atoms. The van der Waals surface area contributed by atoms with Crippen molar-refractivity contribution in [1.82, 2.24) is 0 Å². The average molecular weight is 1310 g/mol. The van der Waals surface area contributed by atoms with Crippen LogP contribution in [0.25, 0.3) is 0 Å². The molecule has 33 heteroatoms. The lowest BCUT2D eigenvalue weighted by Gasteiger charge is -2.51. The molecule has 32 atom stereocenters. The first-order chi connectivity index (χ1) is 41.5. The number of phenolic OH excluding ortho intramolecular Hbond substituents is 2. The minimum atomic E-state index is -1.98. The molecule has 0 aliphatic carbocycles. The molecular weight excluding hydrogens is 1230 g/mol. The molecule has 500 valence electrons. The van der Waals surface area contributed by atoms with Crippen LogP contribution in [0.2, 0.25) is 10.0 Å². The van der Waals surface area contributed by atoms with Crippen LogP contribution in [0, 0.1) is 6.92 Å². The Morgan fingerprint density at radius 1 is 0.659 bits per heavy atom. The summed E-state index contributed by atoms with van der Waals surface area (Å²) in [6, 6.07) is 0. The topological polar surface area (TPSA) is 404 Å². The summed E-state index contributed by atoms with van der Waals surface area (Å²) in [5, 5.41) is 112. The number of hydrogen-bond donors (Lipinski definition) is 10. The van der Waals surface area contributed by atoms with Gasteiger partial charge in [0.05, 0.1) is 73.5 Å². The van der Waals surface area contributed by atoms with E-state index in [-0.39, 0.29) is 49.9 Å². The third-order valence-corrected chi connectivity index (χ3v) is 19.2. The van der Waals surface area contributed by atoms with Gasteiger partial charge in [0.25, 0.3) is 5.97 Å². The van der Waals surface area contributed by atoms with Gasteiger partial charge in [0.15, 0.2) is 55.2 Å². The standard InChI is InChI=1S/C55H80Cl2O31/c1-17-30(34(62)32(57)35(63)31(17)56)48(67)80-39-19(3)74-28(11-24(39)59)78-40-20(4)83-53(12-25(40)60)87-45-21(5)75-29(13-52(45,8)88-53)79-43-33(61)18(2)76-50(38(43)66)81-41-26(14-69-9)77-51(44(70-10)36(41)64)82-49-37(65)42-27(15-71-49)85-55(86-42)47-46(72-16-73-47)54(68,22(6)58)23(7)84-55/h18-29,33,36-47,49-51,58-66,68H,11-16H2,1-10H3/t18-,19-,20-,21-,22?,23-,24-,25-,26-,27+,28+,29+,33+,36+,37-,38-,39-,40-,41-,42-,43+,44+,45-,46-,47-,49-,50+,51+,52-,53?,54+,55-/m1/s1. The van der Waals surface area contributed by atoms with E-state index in [4.69, 9.17) is 118 Å². The maximum atomic E-state index is 13.3. The first kappa shape index (κ1) is 67.2. The van der Waals surface area contributed by atoms with Crippen LogP contribution < -0.4 is 0 Å². The number of benzene rings is 1. The van der Waals surface area contributed by atoms with E-state index in [0.717, 1.165) is 0 Å². The van der Waals surface area contributed by atoms with Crippen LogP contribution >= 0.6 is 23.2 Å². The summed E-state index contributed by atoms with van der Waals surface area (Å²) >= 11 is 12.1. The molecule has 0 saturated carbocycles. The molecule has 2 unspecified atom stereocenters. The van der Waals surface area contributed by atoms with Gasteiger partial charge in [0.1, 0.15) is 108 Å². The molecule has 10 aliphatic rings. The fraction of sp³-hybridized carbons (Fsp3) is 0.873. The Morgan fingerprint density at radius 2 is 1.36 bits per heavy atom. The van der Waals surface area contributed by atoms with Crippen LogP contribution in [0.5, 0.6) is 11.5 Å². The Bertz CT molecular complexity index is 2590. The zero-order valence-electron chi connectivity index (χ0n) is 49.7. The first-order valence-corrected chi connectivity index (χ1v) is 30.0. The Kier molecular flexibility index (Phi) is 19.5. The second-order valence-corrected chi connectivity index (χ2v) is 25.2. The van der Waals surface area contributed by atoms with Crippen molar-refractivity contribution in [3.05, 3.63) is 21.2 Å². The minimum absolute atomic E-state index is 0.00805. The third kappa shape index (κ3) is 11.8. The van der Waals surface area contributed by atoms with E-state index in [0.29, 0.717) is 0 Å². The molecule has 0 amide bonds. The predicted octanol–water partition coefficient (Wildman–Crippen LogP) is -1.32. The van der Waals surface area contributed by atoms with Gasteiger partial charge in [-0.25, -0.2) is 4.79 Å². The maximum absolute atomic E-state index is 13.3. The largest absolute Gasteiger partial charge is 0.505 e. The van der Waals surface area contributed by atoms with E-state index in [1.165, 1.54) is 48.8 Å². The number of aromatic hydroxyl groups is 2. The molecule has 10 heterocycles. The molecule has 10 N–H and O–H groups in total. The molecule has 2 spiro atoms. The number of aliphatic hydroxyl groups is 8. The summed E-state index contributed by atoms with van der Waals surface area (Å²) in [5.41, 5.74) is -3.55. The van der Waals surface area contributed by atoms with Crippen molar-refractivity contribution >= 4 is 29.2 Å². The summed E-state index contributed by atoms with van der Waals surface area (Å²) in [5.74, 6) is -6.27. The van der Waals surface area contributed by atoms with Crippen molar-refractivity contribution in [3.63, 3.8) is 0 Å². The van der Waals surface area contributed by atoms with Crippen LogP contribution in [0.3, 0.4) is 0 Å². The second-order valence-electron chi connectivity index (χ2n) is 24.4. The molecule has 0 aromatic heterocycles. The number of esters is 1. The number of hydrogen-bond acceptors (Lipinski definition) is 31. The first-order valence-electron chi connectivity index (χ1n) is 29.3. The van der Waals surface area contributed by atoms with Crippen molar-refractivity contribution < 1.29 is 151 Å². The van der Waals surface area contributed by atoms with Crippen molar-refractivity contribution in [1.29, 1.82) is 0 Å². The predicted molar refractivity (Wildman–Crippen MR) is 285 cm³/mol. The fourth-order valence-electron chi connectivity index (χ4n) is 13.8. The van der Waals surface area contributed by atoms with Crippen molar-refractivity contribution in [2.75, 3.05) is 34.2 Å². The molecule has 1 aromatic rings. The number of carbonyl (C=O) groups is 1. The van der Waals surface area contributed by atoms with Crippen molar-refractivity contribution in [2.45, 2.75) is 270 Å². The van der Waals surface area contributed by atoms with Gasteiger partial charge in [-0.05, 0) is 61.0 Å². The van der Waals surface area contributed by atoms with Gasteiger partial charge < -0.3 is 146 Å². The highest BCUT2D eigenvalue weighted by molar-refractivity contribution is 6.39. The van der Waals surface area contributed by atoms with Gasteiger partial charge >= 0.3 is 11.9 Å². The monoisotopic (exact) mass is 1310 g/mol. The van der Waals surface area contributed by atoms with E-state index < -0.39 is 223 Å². The van der Waals surface area contributed by atoms with Crippen molar-refractivity contribution in [3.8, 4) is 11.5 Å². The maximum Gasteiger partial charge on any atom is 0.342 e. The molecule has 31 nitrogen and oxygen atoms in total. The van der Waals surface area contributed by atoms with Gasteiger partial charge in [-0.2, -0.15) is 0 Å². The Balaban J connectivity index is 0.693. The lowest BCUT2D eigenvalue weighted by Crippen LogP contribution is -2.72. The lowest BCUT2D eigenvalue weighted by atomic mass is 9.80. The SMILES string of the molecule is COC[C@H]1O[C@@H](O[C@H]2OC[C@@H]3O[C@]4(O[C@H]3[C@H]2O)O[C@H](C)[C@@](O)(C(C)O)[C@@H]2OCO[C@H]24)[C@@H](OC)[C@@H](O)[C@@H]1O[C@@H]1O[C@H](C)[C@H](O)[C@H](O[C@H]2C[C@@]3(C)OC4(C[C@@H](O)[C@H](O[C@H]5C[C@@H](O)[C@H](OC(=O)c6c(C)c(Cl)c(O)c(Cl)c6O)[C@@H](C)O5)[C@@H](C)O4)O[C@@H]3[C@@H](C)O2)[C@H]1O. The highest BCUT2D eigenvalue weighted by Crippen LogP contribution is 2.53. The minimum Gasteiger partial charge on any atom is -0.505 e. The van der Waals surface area contributed by atoms with Crippen LogP contribution in [0.1, 0.15) is 83.7 Å². The van der Waals surface area contributed by atoms with Gasteiger partial charge in [0.2, 0.25) is 0 Å². The van der Waals surface area contributed by atoms with E-state index in [1.54, 1.807) is 20.8 Å². The van der Waals surface area contributed by atoms with E-state index in [9.17, 15) is 55.9 Å². The summed E-state index contributed by atoms with van der Waals surface area (Å²) in [6.45, 7) is 11.7. The van der Waals surface area contributed by atoms with Gasteiger partial charge in [-0.3, -0.25) is 0 Å². The number of phenols is 2. The summed E-state index contributed by atoms with van der Waals surface area (Å²) in [6.07, 6.45) is -35.4. The summed E-state index contributed by atoms with van der Waals surface area (Å²) in [4.78, 5) is 13.3. The molecule has 0 radical (unpaired) electrons. The molecule has 10 saturated heterocycles. The Hall–Kier alpha value is -2.21. The van der Waals surface area contributed by atoms with Crippen LogP contribution in [-0.4, -0.2) is 286 Å². The number of carbonyl (C=O) groups excluding carboxylic acids is 1. The molecule has 10 fully saturated rings. The molecular formula is C55H80Cl2O31. The molecule has 10 aliphatic heterocycles. The molecule has 1 aromatic carbocycles. The Morgan fingerprint density at radius 3 is 2.05 bits per heavy atom. The van der Waals surface area contributed by atoms with Crippen LogP contribution in [0.4, 0.5) is 0 Å². The fourth-order valence-corrected chi connectivity index (χ4v) is 14.2. The zero-order valence-corrected chi connectivity index (χ0v) is 51.2. The number of ether oxygens (including phenoxy) is 20. The highest BCUT2D eigenvalue weighted by Gasteiger charge is 2.72. The smallest absolute Gasteiger partial charge is 0.342 e. The third-order valence-electron chi connectivity index (χ3n) is 18.4. The van der Waals surface area contributed by atoms with Gasteiger partial charge in [0, 0.05) is 27.1 Å². The van der Waals surface area contributed by atoms with E-state index in [1.807, 2.05) is 0 Å². The number of rotatable bonds is 14. The molecule has 88 heavy (non-hydrogen) atoms. The normalized spacial score (nSPS) is 50.6. The van der Waals surface area contributed by atoms with Crippen LogP contribution in [0.15, 0.2) is 0 Å². The second kappa shape index (κ2) is 25.5.